The molecule has 0 saturated carbocycles. The minimum absolute atomic E-state index is 0.0282. The topological polar surface area (TPSA) is 106 Å². The van der Waals surface area contributed by atoms with E-state index in [2.05, 4.69) is 10.2 Å². The normalized spacial score (nSPS) is 10.4. The molecule has 15 heavy (non-hydrogen) atoms. The number of carbonyl (C=O) groups excluding carboxylic acids is 1. The summed E-state index contributed by atoms with van der Waals surface area (Å²) in [7, 11) is 0. The number of carboxylic acid groups (broad SMARTS) is 1. The second-order valence-electron chi connectivity index (χ2n) is 2.96. The van der Waals surface area contributed by atoms with Gasteiger partial charge in [-0.25, -0.2) is 0 Å². The third-order valence-electron chi connectivity index (χ3n) is 2.03. The zero-order valence-corrected chi connectivity index (χ0v) is 7.37. The van der Waals surface area contributed by atoms with Crippen molar-refractivity contribution in [1.82, 2.24) is 10.2 Å². The SMILES string of the molecule is O=C([O-])c1ccc2c(=O)[nH][nH]c(=O)c2c1. The predicted molar refractivity (Wildman–Crippen MR) is 49.5 cm³/mol. The summed E-state index contributed by atoms with van der Waals surface area (Å²) in [5.74, 6) is -1.39. The third kappa shape index (κ3) is 1.41. The molecular weight excluding hydrogens is 200 g/mol. The van der Waals surface area contributed by atoms with Crippen LogP contribution in [0.2, 0.25) is 0 Å². The zero-order valence-electron chi connectivity index (χ0n) is 7.37. The Morgan fingerprint density at radius 2 is 1.67 bits per heavy atom. The van der Waals surface area contributed by atoms with E-state index in [0.717, 1.165) is 6.07 Å². The first-order chi connectivity index (χ1) is 7.09. The van der Waals surface area contributed by atoms with Gasteiger partial charge < -0.3 is 9.90 Å². The highest BCUT2D eigenvalue weighted by molar-refractivity contribution is 5.92. The van der Waals surface area contributed by atoms with Gasteiger partial charge in [0.25, 0.3) is 11.1 Å². The number of carbonyl (C=O) groups is 1. The number of benzene rings is 1. The molecule has 0 atom stereocenters. The molecule has 6 nitrogen and oxygen atoms in total. The van der Waals surface area contributed by atoms with Crippen molar-refractivity contribution >= 4 is 16.7 Å². The first-order valence-corrected chi connectivity index (χ1v) is 4.05. The van der Waals surface area contributed by atoms with Crippen molar-refractivity contribution < 1.29 is 9.90 Å². The van der Waals surface area contributed by atoms with Crippen LogP contribution in [-0.2, 0) is 0 Å². The lowest BCUT2D eigenvalue weighted by Gasteiger charge is -2.02. The van der Waals surface area contributed by atoms with Gasteiger partial charge in [-0.05, 0) is 17.7 Å². The van der Waals surface area contributed by atoms with Crippen molar-refractivity contribution in [1.29, 1.82) is 0 Å². The number of hydrogen-bond acceptors (Lipinski definition) is 4. The molecule has 1 heterocycles. The predicted octanol–water partition coefficient (Wildman–Crippen LogP) is -1.42. The summed E-state index contributed by atoms with van der Waals surface area (Å²) in [5.41, 5.74) is -1.17. The fourth-order valence-corrected chi connectivity index (χ4v) is 1.31. The van der Waals surface area contributed by atoms with Gasteiger partial charge >= 0.3 is 0 Å². The van der Waals surface area contributed by atoms with E-state index in [1.165, 1.54) is 12.1 Å². The van der Waals surface area contributed by atoms with Gasteiger partial charge in [0.05, 0.1) is 16.7 Å². The molecule has 2 N–H and O–H groups in total. The minimum atomic E-state index is -1.39. The molecule has 0 saturated heterocycles. The van der Waals surface area contributed by atoms with Crippen molar-refractivity contribution in [3.8, 4) is 0 Å². The van der Waals surface area contributed by atoms with Gasteiger partial charge in [-0.3, -0.25) is 19.8 Å². The second-order valence-corrected chi connectivity index (χ2v) is 2.96. The van der Waals surface area contributed by atoms with Crippen molar-refractivity contribution in [2.45, 2.75) is 0 Å². The summed E-state index contributed by atoms with van der Waals surface area (Å²) in [6.45, 7) is 0. The van der Waals surface area contributed by atoms with Crippen molar-refractivity contribution in [3.05, 3.63) is 44.5 Å². The van der Waals surface area contributed by atoms with Crippen LogP contribution in [0.4, 0.5) is 0 Å². The molecule has 2 aromatic rings. The Kier molecular flexibility index (Phi) is 1.89. The number of rotatable bonds is 1. The highest BCUT2D eigenvalue weighted by atomic mass is 16.4. The number of H-pyrrole nitrogens is 2. The van der Waals surface area contributed by atoms with Crippen LogP contribution in [0.3, 0.4) is 0 Å². The molecule has 0 spiro atoms. The van der Waals surface area contributed by atoms with Crippen LogP contribution in [0.15, 0.2) is 27.8 Å². The van der Waals surface area contributed by atoms with Crippen LogP contribution < -0.4 is 16.2 Å². The molecule has 0 fully saturated rings. The van der Waals surface area contributed by atoms with Gasteiger partial charge in [0.1, 0.15) is 0 Å². The van der Waals surface area contributed by atoms with Crippen LogP contribution in [0.25, 0.3) is 10.8 Å². The Balaban J connectivity index is 2.94. The molecule has 76 valence electrons. The highest BCUT2D eigenvalue weighted by Gasteiger charge is 2.03. The van der Waals surface area contributed by atoms with Crippen LogP contribution in [0, 0.1) is 0 Å². The zero-order chi connectivity index (χ0) is 11.0. The molecule has 6 heteroatoms. The Morgan fingerprint density at radius 1 is 1.07 bits per heavy atom. The molecule has 1 aromatic heterocycles. The Hall–Kier alpha value is -2.37. The number of aromatic carboxylic acids is 1. The first kappa shape index (κ1) is 9.20. The van der Waals surface area contributed by atoms with Crippen LogP contribution in [0.5, 0.6) is 0 Å². The summed E-state index contributed by atoms with van der Waals surface area (Å²) in [5, 5.41) is 14.9. The first-order valence-electron chi connectivity index (χ1n) is 4.05. The van der Waals surface area contributed by atoms with Crippen LogP contribution >= 0.6 is 0 Å². The largest absolute Gasteiger partial charge is 0.545 e. The average molecular weight is 205 g/mol. The smallest absolute Gasteiger partial charge is 0.270 e. The molecule has 0 aliphatic carbocycles. The molecule has 0 amide bonds. The molecule has 0 unspecified atom stereocenters. The van der Waals surface area contributed by atoms with Gasteiger partial charge in [-0.1, -0.05) is 6.07 Å². The summed E-state index contributed by atoms with van der Waals surface area (Å²) in [6, 6.07) is 3.60. The van der Waals surface area contributed by atoms with Crippen LogP contribution in [0.1, 0.15) is 10.4 Å². The quantitative estimate of drug-likeness (QED) is 0.595. The Morgan fingerprint density at radius 3 is 2.27 bits per heavy atom. The Bertz CT molecular complexity index is 653. The average Bonchev–Trinajstić information content (AvgIpc) is 2.23. The maximum absolute atomic E-state index is 11.3. The minimum Gasteiger partial charge on any atom is -0.545 e. The molecular formula is C9H5N2O4-. The third-order valence-corrected chi connectivity index (χ3v) is 2.03. The lowest BCUT2D eigenvalue weighted by Crippen LogP contribution is -2.24. The summed E-state index contributed by atoms with van der Waals surface area (Å²) in [6.07, 6.45) is 0. The highest BCUT2D eigenvalue weighted by Crippen LogP contribution is 2.06. The summed E-state index contributed by atoms with van der Waals surface area (Å²) < 4.78 is 0. The number of nitrogens with one attached hydrogen (secondary N) is 2. The van der Waals surface area contributed by atoms with Gasteiger partial charge in [0.2, 0.25) is 0 Å². The fourth-order valence-electron chi connectivity index (χ4n) is 1.31. The van der Waals surface area contributed by atoms with Gasteiger partial charge in [-0.15, -0.1) is 0 Å². The van der Waals surface area contributed by atoms with E-state index < -0.39 is 17.1 Å². The number of carboxylic acids is 1. The summed E-state index contributed by atoms with van der Waals surface area (Å²) >= 11 is 0. The molecule has 0 aliphatic heterocycles. The molecule has 2 rings (SSSR count). The van der Waals surface area contributed by atoms with E-state index in [1.807, 2.05) is 0 Å². The van der Waals surface area contributed by atoms with Gasteiger partial charge in [0.15, 0.2) is 0 Å². The molecule has 0 radical (unpaired) electrons. The summed E-state index contributed by atoms with van der Waals surface area (Å²) in [4.78, 5) is 33.0. The van der Waals surface area contributed by atoms with Crippen molar-refractivity contribution in [3.63, 3.8) is 0 Å². The number of aromatic nitrogens is 2. The monoisotopic (exact) mass is 205 g/mol. The maximum atomic E-state index is 11.3. The number of aromatic amines is 2. The number of hydrogen-bond donors (Lipinski definition) is 2. The second kappa shape index (κ2) is 3.09. The van der Waals surface area contributed by atoms with E-state index in [-0.39, 0.29) is 16.3 Å². The lowest BCUT2D eigenvalue weighted by molar-refractivity contribution is -0.255. The maximum Gasteiger partial charge on any atom is 0.270 e. The van der Waals surface area contributed by atoms with E-state index in [9.17, 15) is 19.5 Å². The standard InChI is InChI=1S/C9H6N2O4/c12-7-5-2-1-4(9(14)15)3-6(5)8(13)11-10-7/h1-3H,(H,10,12)(H,11,13)(H,14,15)/p-1. The van der Waals surface area contributed by atoms with Crippen molar-refractivity contribution in [2.24, 2.45) is 0 Å². The van der Waals surface area contributed by atoms with Gasteiger partial charge in [-0.2, -0.15) is 0 Å². The van der Waals surface area contributed by atoms with E-state index in [4.69, 9.17) is 0 Å². The Labute approximate surface area is 82.2 Å². The van der Waals surface area contributed by atoms with E-state index in [0.29, 0.717) is 0 Å². The lowest BCUT2D eigenvalue weighted by atomic mass is 10.1. The number of fused-ring (bicyclic) bond motifs is 1. The van der Waals surface area contributed by atoms with Crippen LogP contribution in [-0.4, -0.2) is 16.2 Å². The van der Waals surface area contributed by atoms with Gasteiger partial charge in [0, 0.05) is 0 Å². The molecule has 0 bridgehead atoms. The molecule has 0 aliphatic rings. The van der Waals surface area contributed by atoms with E-state index in [1.54, 1.807) is 0 Å². The van der Waals surface area contributed by atoms with Crippen molar-refractivity contribution in [2.75, 3.05) is 0 Å². The van der Waals surface area contributed by atoms with E-state index >= 15 is 0 Å². The molecule has 1 aromatic carbocycles. The fraction of sp³-hybridized carbons (Fsp3) is 0.